The van der Waals surface area contributed by atoms with Crippen molar-refractivity contribution in [2.45, 2.75) is 45.4 Å². The van der Waals surface area contributed by atoms with Crippen LogP contribution >= 0.6 is 11.6 Å². The maximum atomic E-state index is 6.06. The average Bonchev–Trinajstić information content (AvgIpc) is 2.91. The van der Waals surface area contributed by atoms with E-state index in [4.69, 9.17) is 11.6 Å². The van der Waals surface area contributed by atoms with Gasteiger partial charge in [0, 0.05) is 19.6 Å². The Hall–Kier alpha value is -1.10. The molecule has 1 aromatic heterocycles. The number of rotatable bonds is 4. The van der Waals surface area contributed by atoms with Gasteiger partial charge in [-0.15, -0.1) is 0 Å². The lowest BCUT2D eigenvalue weighted by atomic mass is 9.98. The van der Waals surface area contributed by atoms with Crippen LogP contribution in [-0.4, -0.2) is 34.6 Å². The zero-order chi connectivity index (χ0) is 14.7. The first-order chi connectivity index (χ1) is 10.2. The van der Waals surface area contributed by atoms with Gasteiger partial charge in [-0.1, -0.05) is 19.8 Å². The highest BCUT2D eigenvalue weighted by molar-refractivity contribution is 6.28. The molecule has 21 heavy (non-hydrogen) atoms. The Morgan fingerprint density at radius 1 is 1.10 bits per heavy atom. The number of halogens is 1. The molecule has 1 aromatic rings. The number of hydrogen-bond acceptors (Lipinski definition) is 5. The van der Waals surface area contributed by atoms with Crippen LogP contribution in [0.3, 0.4) is 0 Å². The number of piperidine rings is 1. The van der Waals surface area contributed by atoms with Crippen LogP contribution in [-0.2, 0) is 0 Å². The molecule has 6 heteroatoms. The molecule has 2 atom stereocenters. The molecule has 2 aliphatic rings. The lowest BCUT2D eigenvalue weighted by Crippen LogP contribution is -2.31. The zero-order valence-electron chi connectivity index (χ0n) is 12.7. The standard InChI is InChI=1S/C15H24ClN5/c1-11-6-5-7-12(11)10-17-14-18-13(16)19-15(20-14)21-8-3-2-4-9-21/h11-12H,2-10H2,1H3,(H,17,18,19,20). The zero-order valence-corrected chi connectivity index (χ0v) is 13.4. The van der Waals surface area contributed by atoms with E-state index in [1.807, 2.05) is 0 Å². The van der Waals surface area contributed by atoms with Crippen LogP contribution < -0.4 is 10.2 Å². The highest BCUT2D eigenvalue weighted by Crippen LogP contribution is 2.31. The van der Waals surface area contributed by atoms with E-state index in [2.05, 4.69) is 32.1 Å². The monoisotopic (exact) mass is 309 g/mol. The Morgan fingerprint density at radius 2 is 1.90 bits per heavy atom. The van der Waals surface area contributed by atoms with Gasteiger partial charge in [0.25, 0.3) is 0 Å². The van der Waals surface area contributed by atoms with Gasteiger partial charge in [-0.3, -0.25) is 0 Å². The van der Waals surface area contributed by atoms with Crippen LogP contribution in [0.15, 0.2) is 0 Å². The number of aromatic nitrogens is 3. The Balaban J connectivity index is 1.65. The first kappa shape index (κ1) is 14.8. The van der Waals surface area contributed by atoms with Crippen LogP contribution in [0.4, 0.5) is 11.9 Å². The summed E-state index contributed by atoms with van der Waals surface area (Å²) >= 11 is 6.06. The van der Waals surface area contributed by atoms with E-state index in [1.54, 1.807) is 0 Å². The third-order valence-electron chi connectivity index (χ3n) is 4.80. The molecular formula is C15H24ClN5. The van der Waals surface area contributed by atoms with Crippen molar-refractivity contribution in [3.05, 3.63) is 5.28 Å². The first-order valence-corrected chi connectivity index (χ1v) is 8.50. The molecule has 116 valence electrons. The second-order valence-corrected chi connectivity index (χ2v) is 6.66. The Morgan fingerprint density at radius 3 is 2.62 bits per heavy atom. The fourth-order valence-corrected chi connectivity index (χ4v) is 3.56. The maximum Gasteiger partial charge on any atom is 0.231 e. The van der Waals surface area contributed by atoms with Crippen molar-refractivity contribution in [2.24, 2.45) is 11.8 Å². The molecule has 0 spiro atoms. The Bertz CT molecular complexity index is 475. The summed E-state index contributed by atoms with van der Waals surface area (Å²) in [5.41, 5.74) is 0. The van der Waals surface area contributed by atoms with E-state index in [0.717, 1.165) is 37.4 Å². The molecule has 0 radical (unpaired) electrons. The topological polar surface area (TPSA) is 53.9 Å². The second-order valence-electron chi connectivity index (χ2n) is 6.32. The summed E-state index contributed by atoms with van der Waals surface area (Å²) in [4.78, 5) is 15.3. The third kappa shape index (κ3) is 3.76. The fraction of sp³-hybridized carbons (Fsp3) is 0.800. The number of nitrogens with one attached hydrogen (secondary N) is 1. The molecular weight excluding hydrogens is 286 g/mol. The first-order valence-electron chi connectivity index (χ1n) is 8.13. The van der Waals surface area contributed by atoms with E-state index in [1.165, 1.54) is 38.5 Å². The smallest absolute Gasteiger partial charge is 0.231 e. The van der Waals surface area contributed by atoms with Crippen molar-refractivity contribution in [2.75, 3.05) is 29.9 Å². The molecule has 1 saturated heterocycles. The van der Waals surface area contributed by atoms with Crippen molar-refractivity contribution in [3.8, 4) is 0 Å². The van der Waals surface area contributed by atoms with Crippen molar-refractivity contribution in [3.63, 3.8) is 0 Å². The van der Waals surface area contributed by atoms with E-state index < -0.39 is 0 Å². The maximum absolute atomic E-state index is 6.06. The lowest BCUT2D eigenvalue weighted by Gasteiger charge is -2.26. The molecule has 1 saturated carbocycles. The lowest BCUT2D eigenvalue weighted by molar-refractivity contribution is 0.439. The molecule has 0 amide bonds. The van der Waals surface area contributed by atoms with E-state index >= 15 is 0 Å². The Kier molecular flexibility index (Phi) is 4.78. The summed E-state index contributed by atoms with van der Waals surface area (Å²) < 4.78 is 0. The largest absolute Gasteiger partial charge is 0.354 e. The molecule has 1 aliphatic heterocycles. The normalized spacial score (nSPS) is 26.1. The molecule has 2 heterocycles. The van der Waals surface area contributed by atoms with Gasteiger partial charge in [-0.05, 0) is 49.1 Å². The molecule has 5 nitrogen and oxygen atoms in total. The van der Waals surface area contributed by atoms with Gasteiger partial charge in [0.15, 0.2) is 0 Å². The molecule has 0 bridgehead atoms. The van der Waals surface area contributed by atoms with Crippen molar-refractivity contribution in [1.29, 1.82) is 0 Å². The molecule has 0 aromatic carbocycles. The average molecular weight is 310 g/mol. The SMILES string of the molecule is CC1CCCC1CNc1nc(Cl)nc(N2CCCCC2)n1. The fourth-order valence-electron chi connectivity index (χ4n) is 3.40. The van der Waals surface area contributed by atoms with Crippen LogP contribution in [0.2, 0.25) is 5.28 Å². The third-order valence-corrected chi connectivity index (χ3v) is 4.97. The Labute approximate surface area is 131 Å². The predicted octanol–water partition coefficient (Wildman–Crippen LogP) is 3.36. The molecule has 1 N–H and O–H groups in total. The number of hydrogen-bond donors (Lipinski definition) is 1. The van der Waals surface area contributed by atoms with E-state index in [9.17, 15) is 0 Å². The number of anilines is 2. The van der Waals surface area contributed by atoms with E-state index in [-0.39, 0.29) is 5.28 Å². The van der Waals surface area contributed by atoms with Gasteiger partial charge in [-0.2, -0.15) is 15.0 Å². The van der Waals surface area contributed by atoms with Gasteiger partial charge >= 0.3 is 0 Å². The van der Waals surface area contributed by atoms with Crippen molar-refractivity contribution in [1.82, 2.24) is 15.0 Å². The molecule has 2 unspecified atom stereocenters. The summed E-state index contributed by atoms with van der Waals surface area (Å²) in [7, 11) is 0. The van der Waals surface area contributed by atoms with Gasteiger partial charge in [0.05, 0.1) is 0 Å². The van der Waals surface area contributed by atoms with Gasteiger partial charge in [-0.25, -0.2) is 0 Å². The number of nitrogens with zero attached hydrogens (tertiary/aromatic N) is 4. The van der Waals surface area contributed by atoms with Gasteiger partial charge < -0.3 is 10.2 Å². The van der Waals surface area contributed by atoms with Gasteiger partial charge in [0.1, 0.15) is 0 Å². The summed E-state index contributed by atoms with van der Waals surface area (Å²) in [6.07, 6.45) is 7.66. The van der Waals surface area contributed by atoms with Crippen LogP contribution in [0.5, 0.6) is 0 Å². The summed E-state index contributed by atoms with van der Waals surface area (Å²) in [5.74, 6) is 2.85. The minimum Gasteiger partial charge on any atom is -0.354 e. The highest BCUT2D eigenvalue weighted by atomic mass is 35.5. The second kappa shape index (κ2) is 6.77. The van der Waals surface area contributed by atoms with Gasteiger partial charge in [0.2, 0.25) is 17.2 Å². The summed E-state index contributed by atoms with van der Waals surface area (Å²) in [6.45, 7) is 5.29. The molecule has 2 fully saturated rings. The van der Waals surface area contributed by atoms with Crippen LogP contribution in [0.1, 0.15) is 45.4 Å². The quantitative estimate of drug-likeness (QED) is 0.924. The summed E-state index contributed by atoms with van der Waals surface area (Å²) in [5, 5.41) is 3.65. The van der Waals surface area contributed by atoms with Crippen molar-refractivity contribution < 1.29 is 0 Å². The van der Waals surface area contributed by atoms with E-state index in [0.29, 0.717) is 5.95 Å². The summed E-state index contributed by atoms with van der Waals surface area (Å²) in [6, 6.07) is 0. The van der Waals surface area contributed by atoms with Crippen LogP contribution in [0, 0.1) is 11.8 Å². The highest BCUT2D eigenvalue weighted by Gasteiger charge is 2.23. The molecule has 3 rings (SSSR count). The molecule has 1 aliphatic carbocycles. The predicted molar refractivity (Wildman–Crippen MR) is 85.9 cm³/mol. The minimum atomic E-state index is 0.285. The van der Waals surface area contributed by atoms with Crippen LogP contribution in [0.25, 0.3) is 0 Å². The van der Waals surface area contributed by atoms with Crippen molar-refractivity contribution >= 4 is 23.5 Å². The minimum absolute atomic E-state index is 0.285.